The lowest BCUT2D eigenvalue weighted by atomic mass is 9.89. The number of hydrogen-bond donors (Lipinski definition) is 1. The largest absolute Gasteiger partial charge is 0.466 e. The molecule has 118 valence electrons. The molecule has 0 saturated carbocycles. The SMILES string of the molecule is COC(=O)C1=C(c2ccc(Cl)c(Cl)c2)CC2CC(OC)C1N2. The molecule has 2 bridgehead atoms. The molecular formula is C16H17Cl2NO3. The molecule has 1 aromatic carbocycles. The van der Waals surface area contributed by atoms with Crippen molar-refractivity contribution in [1.82, 2.24) is 5.32 Å². The topological polar surface area (TPSA) is 47.6 Å². The summed E-state index contributed by atoms with van der Waals surface area (Å²) in [5, 5.41) is 4.41. The highest BCUT2D eigenvalue weighted by Gasteiger charge is 2.44. The lowest BCUT2D eigenvalue weighted by Gasteiger charge is -2.28. The molecule has 3 rings (SSSR count). The van der Waals surface area contributed by atoms with Gasteiger partial charge in [-0.3, -0.25) is 0 Å². The van der Waals surface area contributed by atoms with E-state index in [4.69, 9.17) is 32.7 Å². The van der Waals surface area contributed by atoms with Crippen LogP contribution in [0.3, 0.4) is 0 Å². The zero-order valence-corrected chi connectivity index (χ0v) is 13.9. The third-order valence-electron chi connectivity index (χ3n) is 4.37. The van der Waals surface area contributed by atoms with E-state index in [0.29, 0.717) is 15.6 Å². The highest BCUT2D eigenvalue weighted by Crippen LogP contribution is 2.39. The standard InChI is InChI=1S/C16H17Cl2NO3/c1-21-13-7-9-6-10(8-3-4-11(17)12(18)5-8)14(15(13)19-9)16(20)22-2/h3-5,9,13,15,19H,6-7H2,1-2H3. The lowest BCUT2D eigenvalue weighted by molar-refractivity contribution is -0.136. The van der Waals surface area contributed by atoms with Crippen LogP contribution >= 0.6 is 23.2 Å². The number of ether oxygens (including phenoxy) is 2. The summed E-state index contributed by atoms with van der Waals surface area (Å²) in [4.78, 5) is 12.3. The Bertz CT molecular complexity index is 644. The Hall–Kier alpha value is -1.07. The van der Waals surface area contributed by atoms with Crippen LogP contribution in [0, 0.1) is 0 Å². The summed E-state index contributed by atoms with van der Waals surface area (Å²) in [6, 6.07) is 5.57. The highest BCUT2D eigenvalue weighted by molar-refractivity contribution is 6.42. The molecule has 22 heavy (non-hydrogen) atoms. The highest BCUT2D eigenvalue weighted by atomic mass is 35.5. The zero-order chi connectivity index (χ0) is 15.9. The van der Waals surface area contributed by atoms with Crippen LogP contribution in [-0.4, -0.2) is 38.4 Å². The Morgan fingerprint density at radius 1 is 1.27 bits per heavy atom. The first-order valence-corrected chi connectivity index (χ1v) is 7.86. The quantitative estimate of drug-likeness (QED) is 0.858. The van der Waals surface area contributed by atoms with Gasteiger partial charge in [0.1, 0.15) is 0 Å². The molecule has 6 heteroatoms. The molecule has 1 N–H and O–H groups in total. The van der Waals surface area contributed by atoms with Gasteiger partial charge in [0.15, 0.2) is 0 Å². The molecule has 0 radical (unpaired) electrons. The second-order valence-corrected chi connectivity index (χ2v) is 6.38. The van der Waals surface area contributed by atoms with Crippen LogP contribution in [-0.2, 0) is 14.3 Å². The van der Waals surface area contributed by atoms with E-state index in [1.54, 1.807) is 19.2 Å². The van der Waals surface area contributed by atoms with Crippen LogP contribution in [0.4, 0.5) is 0 Å². The molecule has 4 nitrogen and oxygen atoms in total. The summed E-state index contributed by atoms with van der Waals surface area (Å²) in [6.07, 6.45) is 1.57. The number of nitrogens with one attached hydrogen (secondary N) is 1. The van der Waals surface area contributed by atoms with E-state index in [-0.39, 0.29) is 24.2 Å². The molecule has 0 aromatic heterocycles. The molecule has 1 saturated heterocycles. The van der Waals surface area contributed by atoms with Gasteiger partial charge in [0.05, 0.1) is 34.9 Å². The van der Waals surface area contributed by atoms with Gasteiger partial charge in [-0.1, -0.05) is 29.3 Å². The Kier molecular flexibility index (Phi) is 4.46. The summed E-state index contributed by atoms with van der Waals surface area (Å²) in [6.45, 7) is 0. The van der Waals surface area contributed by atoms with E-state index in [0.717, 1.165) is 24.0 Å². The summed E-state index contributed by atoms with van der Waals surface area (Å²) in [7, 11) is 3.06. The van der Waals surface area contributed by atoms with E-state index < -0.39 is 0 Å². The van der Waals surface area contributed by atoms with Crippen molar-refractivity contribution < 1.29 is 14.3 Å². The fourth-order valence-electron chi connectivity index (χ4n) is 3.35. The van der Waals surface area contributed by atoms with Gasteiger partial charge in [-0.05, 0) is 36.1 Å². The van der Waals surface area contributed by atoms with Crippen molar-refractivity contribution in [2.45, 2.75) is 31.0 Å². The number of hydrogen-bond acceptors (Lipinski definition) is 4. The summed E-state index contributed by atoms with van der Waals surface area (Å²) >= 11 is 12.1. The van der Waals surface area contributed by atoms with Crippen molar-refractivity contribution in [3.63, 3.8) is 0 Å². The molecule has 1 fully saturated rings. The van der Waals surface area contributed by atoms with E-state index in [2.05, 4.69) is 5.32 Å². The van der Waals surface area contributed by atoms with Gasteiger partial charge in [-0.25, -0.2) is 4.79 Å². The van der Waals surface area contributed by atoms with E-state index in [1.165, 1.54) is 7.11 Å². The maximum atomic E-state index is 12.3. The van der Waals surface area contributed by atoms with Gasteiger partial charge >= 0.3 is 5.97 Å². The normalized spacial score (nSPS) is 27.2. The summed E-state index contributed by atoms with van der Waals surface area (Å²) in [5.74, 6) is -0.332. The fourth-order valence-corrected chi connectivity index (χ4v) is 3.65. The summed E-state index contributed by atoms with van der Waals surface area (Å²) < 4.78 is 10.5. The fraction of sp³-hybridized carbons (Fsp3) is 0.438. The molecule has 1 aromatic rings. The average molecular weight is 342 g/mol. The molecule has 0 aliphatic carbocycles. The number of carbonyl (C=O) groups excluding carboxylic acids is 1. The van der Waals surface area contributed by atoms with Crippen LogP contribution < -0.4 is 5.32 Å². The lowest BCUT2D eigenvalue weighted by Crippen LogP contribution is -2.42. The maximum absolute atomic E-state index is 12.3. The van der Waals surface area contributed by atoms with Crippen molar-refractivity contribution >= 4 is 34.7 Å². The van der Waals surface area contributed by atoms with E-state index in [9.17, 15) is 4.79 Å². The van der Waals surface area contributed by atoms with Crippen molar-refractivity contribution in [2.24, 2.45) is 0 Å². The van der Waals surface area contributed by atoms with Crippen LogP contribution in [0.5, 0.6) is 0 Å². The minimum absolute atomic E-state index is 0.0284. The molecule has 3 unspecified atom stereocenters. The molecule has 2 aliphatic heterocycles. The Morgan fingerprint density at radius 3 is 2.68 bits per heavy atom. The number of fused-ring (bicyclic) bond motifs is 2. The Labute approximate surface area is 139 Å². The predicted octanol–water partition coefficient (Wildman–Crippen LogP) is 3.07. The van der Waals surface area contributed by atoms with Gasteiger partial charge in [0.25, 0.3) is 0 Å². The van der Waals surface area contributed by atoms with Gasteiger partial charge in [-0.2, -0.15) is 0 Å². The number of rotatable bonds is 3. The molecule has 2 heterocycles. The first kappa shape index (κ1) is 15.8. The van der Waals surface area contributed by atoms with Crippen LogP contribution in [0.1, 0.15) is 18.4 Å². The van der Waals surface area contributed by atoms with E-state index in [1.807, 2.05) is 6.07 Å². The van der Waals surface area contributed by atoms with Gasteiger partial charge < -0.3 is 14.8 Å². The summed E-state index contributed by atoms with van der Waals surface area (Å²) in [5.41, 5.74) is 2.49. The maximum Gasteiger partial charge on any atom is 0.335 e. The first-order chi connectivity index (χ1) is 10.5. The average Bonchev–Trinajstić information content (AvgIpc) is 2.85. The third-order valence-corrected chi connectivity index (χ3v) is 5.11. The van der Waals surface area contributed by atoms with Crippen molar-refractivity contribution in [2.75, 3.05) is 14.2 Å². The molecule has 3 atom stereocenters. The molecule has 0 spiro atoms. The second-order valence-electron chi connectivity index (χ2n) is 5.57. The Morgan fingerprint density at radius 2 is 2.05 bits per heavy atom. The monoisotopic (exact) mass is 341 g/mol. The second kappa shape index (κ2) is 6.20. The molecule has 0 amide bonds. The van der Waals surface area contributed by atoms with Gasteiger partial charge in [-0.15, -0.1) is 0 Å². The van der Waals surface area contributed by atoms with Crippen LogP contribution in [0.25, 0.3) is 5.57 Å². The number of carbonyl (C=O) groups is 1. The first-order valence-electron chi connectivity index (χ1n) is 7.10. The van der Waals surface area contributed by atoms with Gasteiger partial charge in [0.2, 0.25) is 0 Å². The minimum atomic E-state index is -0.332. The molecular weight excluding hydrogens is 325 g/mol. The van der Waals surface area contributed by atoms with E-state index >= 15 is 0 Å². The third kappa shape index (κ3) is 2.65. The minimum Gasteiger partial charge on any atom is -0.466 e. The molecule has 2 aliphatic rings. The Balaban J connectivity index is 2.11. The number of esters is 1. The predicted molar refractivity (Wildman–Crippen MR) is 86.1 cm³/mol. The van der Waals surface area contributed by atoms with Crippen LogP contribution in [0.2, 0.25) is 10.0 Å². The van der Waals surface area contributed by atoms with Gasteiger partial charge in [0, 0.05) is 13.2 Å². The van der Waals surface area contributed by atoms with Crippen LogP contribution in [0.15, 0.2) is 23.8 Å². The van der Waals surface area contributed by atoms with Crippen molar-refractivity contribution in [3.8, 4) is 0 Å². The number of halogens is 2. The smallest absolute Gasteiger partial charge is 0.335 e. The van der Waals surface area contributed by atoms with Crippen molar-refractivity contribution in [3.05, 3.63) is 39.4 Å². The number of benzene rings is 1. The number of methoxy groups -OCH3 is 2. The zero-order valence-electron chi connectivity index (χ0n) is 12.4. The van der Waals surface area contributed by atoms with Crippen molar-refractivity contribution in [1.29, 1.82) is 0 Å².